The van der Waals surface area contributed by atoms with Gasteiger partial charge in [-0.1, -0.05) is 0 Å². The van der Waals surface area contributed by atoms with Gasteiger partial charge in [-0.2, -0.15) is 0 Å². The maximum atomic E-state index is 13.3. The summed E-state index contributed by atoms with van der Waals surface area (Å²) in [4.78, 5) is 12.4. The molecule has 0 unspecified atom stereocenters. The zero-order valence-corrected chi connectivity index (χ0v) is 12.3. The van der Waals surface area contributed by atoms with E-state index in [9.17, 15) is 9.18 Å². The summed E-state index contributed by atoms with van der Waals surface area (Å²) in [6.07, 6.45) is 0. The maximum absolute atomic E-state index is 13.3. The Hall–Kier alpha value is -1.63. The lowest BCUT2D eigenvalue weighted by atomic mass is 10.0. The molecule has 0 bridgehead atoms. The first-order valence-corrected chi connectivity index (χ1v) is 6.53. The Kier molecular flexibility index (Phi) is 4.04. The molecule has 0 radical (unpaired) electrons. The van der Waals surface area contributed by atoms with E-state index in [0.717, 1.165) is 9.64 Å². The van der Waals surface area contributed by atoms with Crippen LogP contribution in [-0.4, -0.2) is 12.9 Å². The molecule has 2 aromatic rings. The number of nitrogen functional groups attached to an aromatic ring is 1. The number of carbonyl (C=O) groups is 1. The number of hydrogen-bond acceptors (Lipinski definition) is 3. The summed E-state index contributed by atoms with van der Waals surface area (Å²) in [5.74, 6) is -0.400. The molecule has 0 amide bonds. The second-order valence-electron chi connectivity index (χ2n) is 3.95. The number of rotatable bonds is 3. The van der Waals surface area contributed by atoms with Crippen LogP contribution in [0.2, 0.25) is 0 Å². The van der Waals surface area contributed by atoms with Crippen LogP contribution in [0.15, 0.2) is 36.4 Å². The van der Waals surface area contributed by atoms with Gasteiger partial charge in [-0.15, -0.1) is 0 Å². The maximum Gasteiger partial charge on any atom is 0.196 e. The van der Waals surface area contributed by atoms with Crippen LogP contribution in [0.5, 0.6) is 5.75 Å². The highest BCUT2D eigenvalue weighted by Gasteiger charge is 2.16. The molecule has 0 fully saturated rings. The van der Waals surface area contributed by atoms with Crippen LogP contribution in [0.3, 0.4) is 0 Å². The summed E-state index contributed by atoms with van der Waals surface area (Å²) in [6, 6.07) is 9.02. The Bertz CT molecular complexity index is 623. The van der Waals surface area contributed by atoms with Crippen molar-refractivity contribution in [1.82, 2.24) is 0 Å². The zero-order chi connectivity index (χ0) is 14.0. The summed E-state index contributed by atoms with van der Waals surface area (Å²) >= 11 is 2.10. The normalized spacial score (nSPS) is 10.3. The van der Waals surface area contributed by atoms with Crippen LogP contribution in [-0.2, 0) is 0 Å². The molecular formula is C14H11FINO2. The quantitative estimate of drug-likeness (QED) is 0.512. The lowest BCUT2D eigenvalue weighted by molar-refractivity contribution is 0.103. The van der Waals surface area contributed by atoms with Crippen molar-refractivity contribution in [2.75, 3.05) is 12.8 Å². The number of anilines is 1. The molecule has 0 aliphatic heterocycles. The van der Waals surface area contributed by atoms with Crippen LogP contribution in [0.4, 0.5) is 10.1 Å². The fraction of sp³-hybridized carbons (Fsp3) is 0.0714. The van der Waals surface area contributed by atoms with E-state index in [1.54, 1.807) is 12.1 Å². The molecule has 0 aliphatic rings. The number of ketones is 1. The van der Waals surface area contributed by atoms with Gasteiger partial charge in [0.25, 0.3) is 0 Å². The third kappa shape index (κ3) is 3.04. The van der Waals surface area contributed by atoms with Gasteiger partial charge < -0.3 is 10.5 Å². The number of halogens is 2. The van der Waals surface area contributed by atoms with Crippen molar-refractivity contribution < 1.29 is 13.9 Å². The van der Waals surface area contributed by atoms with Crippen molar-refractivity contribution in [2.24, 2.45) is 0 Å². The molecule has 19 heavy (non-hydrogen) atoms. The minimum absolute atomic E-state index is 0.206. The first kappa shape index (κ1) is 13.8. The Morgan fingerprint density at radius 3 is 2.63 bits per heavy atom. The summed E-state index contributed by atoms with van der Waals surface area (Å²) in [5.41, 5.74) is 6.36. The average molecular weight is 371 g/mol. The second-order valence-corrected chi connectivity index (χ2v) is 5.19. The van der Waals surface area contributed by atoms with Crippen LogP contribution >= 0.6 is 22.6 Å². The second kappa shape index (κ2) is 5.56. The first-order valence-electron chi connectivity index (χ1n) is 5.45. The molecule has 0 spiro atoms. The minimum Gasteiger partial charge on any atom is -0.496 e. The van der Waals surface area contributed by atoms with E-state index < -0.39 is 5.82 Å². The number of nitrogens with two attached hydrogens (primary N) is 1. The summed E-state index contributed by atoms with van der Waals surface area (Å²) in [6.45, 7) is 0. The molecule has 2 aromatic carbocycles. The van der Waals surface area contributed by atoms with Crippen molar-refractivity contribution in [2.45, 2.75) is 0 Å². The minimum atomic E-state index is -0.534. The Morgan fingerprint density at radius 1 is 1.26 bits per heavy atom. The molecule has 2 N–H and O–H groups in total. The molecule has 0 saturated heterocycles. The summed E-state index contributed by atoms with van der Waals surface area (Å²) in [5, 5.41) is 0. The van der Waals surface area contributed by atoms with Crippen molar-refractivity contribution in [3.05, 3.63) is 56.9 Å². The zero-order valence-electron chi connectivity index (χ0n) is 10.1. The third-order valence-electron chi connectivity index (χ3n) is 2.59. The van der Waals surface area contributed by atoms with Gasteiger partial charge >= 0.3 is 0 Å². The van der Waals surface area contributed by atoms with Gasteiger partial charge in [0, 0.05) is 14.8 Å². The van der Waals surface area contributed by atoms with Crippen molar-refractivity contribution in [3.8, 4) is 5.75 Å². The standard InChI is InChI=1S/C14H11FINO2/c1-19-13-3-2-10(16)7-12(13)14(18)8-4-9(15)6-11(17)5-8/h2-7H,17H2,1H3. The number of hydrogen-bond donors (Lipinski definition) is 1. The van der Waals surface area contributed by atoms with Crippen molar-refractivity contribution in [1.29, 1.82) is 0 Å². The Balaban J connectivity index is 2.52. The number of carbonyl (C=O) groups excluding carboxylic acids is 1. The van der Waals surface area contributed by atoms with Crippen molar-refractivity contribution >= 4 is 34.1 Å². The lowest BCUT2D eigenvalue weighted by Gasteiger charge is -2.09. The van der Waals surface area contributed by atoms with Gasteiger partial charge in [0.15, 0.2) is 5.78 Å². The van der Waals surface area contributed by atoms with Gasteiger partial charge in [0.1, 0.15) is 11.6 Å². The molecule has 0 aromatic heterocycles. The van der Waals surface area contributed by atoms with Gasteiger partial charge in [0.2, 0.25) is 0 Å². The van der Waals surface area contributed by atoms with Crippen LogP contribution in [0.25, 0.3) is 0 Å². The average Bonchev–Trinajstić information content (AvgIpc) is 2.36. The van der Waals surface area contributed by atoms with Crippen LogP contribution in [0, 0.1) is 9.39 Å². The summed E-state index contributed by atoms with van der Waals surface area (Å²) < 4.78 is 19.3. The van der Waals surface area contributed by atoms with E-state index in [1.807, 2.05) is 6.07 Å². The molecule has 2 rings (SSSR count). The monoisotopic (exact) mass is 371 g/mol. The van der Waals surface area contributed by atoms with Gasteiger partial charge in [0.05, 0.1) is 12.7 Å². The Morgan fingerprint density at radius 2 is 2.00 bits per heavy atom. The first-order chi connectivity index (χ1) is 9.01. The Labute approximate surface area is 123 Å². The van der Waals surface area contributed by atoms with E-state index in [1.165, 1.54) is 19.2 Å². The van der Waals surface area contributed by atoms with E-state index in [0.29, 0.717) is 11.3 Å². The predicted molar refractivity (Wildman–Crippen MR) is 80.0 cm³/mol. The smallest absolute Gasteiger partial charge is 0.196 e. The fourth-order valence-electron chi connectivity index (χ4n) is 1.76. The highest BCUT2D eigenvalue weighted by atomic mass is 127. The highest BCUT2D eigenvalue weighted by molar-refractivity contribution is 14.1. The van der Waals surface area contributed by atoms with Crippen molar-refractivity contribution in [3.63, 3.8) is 0 Å². The van der Waals surface area contributed by atoms with Crippen LogP contribution in [0.1, 0.15) is 15.9 Å². The molecule has 3 nitrogen and oxygen atoms in total. The molecule has 0 atom stereocenters. The number of benzene rings is 2. The highest BCUT2D eigenvalue weighted by Crippen LogP contribution is 2.25. The molecular weight excluding hydrogens is 360 g/mol. The topological polar surface area (TPSA) is 52.3 Å². The van der Waals surface area contributed by atoms with Gasteiger partial charge in [-0.25, -0.2) is 4.39 Å². The number of ether oxygens (including phenoxy) is 1. The third-order valence-corrected chi connectivity index (χ3v) is 3.26. The van der Waals surface area contributed by atoms with E-state index >= 15 is 0 Å². The lowest BCUT2D eigenvalue weighted by Crippen LogP contribution is -2.06. The molecule has 98 valence electrons. The van der Waals surface area contributed by atoms with E-state index in [2.05, 4.69) is 22.6 Å². The molecule has 0 saturated carbocycles. The summed E-state index contributed by atoms with van der Waals surface area (Å²) in [7, 11) is 1.49. The van der Waals surface area contributed by atoms with Gasteiger partial charge in [-0.05, 0) is 59.0 Å². The number of methoxy groups -OCH3 is 1. The molecule has 0 aliphatic carbocycles. The predicted octanol–water partition coefficient (Wildman–Crippen LogP) is 3.25. The van der Waals surface area contributed by atoms with E-state index in [4.69, 9.17) is 10.5 Å². The molecule has 5 heteroatoms. The van der Waals surface area contributed by atoms with Gasteiger partial charge in [-0.3, -0.25) is 4.79 Å². The largest absolute Gasteiger partial charge is 0.496 e. The SMILES string of the molecule is COc1ccc(I)cc1C(=O)c1cc(N)cc(F)c1. The molecule has 0 heterocycles. The fourth-order valence-corrected chi connectivity index (χ4v) is 2.25. The van der Waals surface area contributed by atoms with E-state index in [-0.39, 0.29) is 17.0 Å². The van der Waals surface area contributed by atoms with Crippen LogP contribution < -0.4 is 10.5 Å².